The second-order valence-corrected chi connectivity index (χ2v) is 28.8. The summed E-state index contributed by atoms with van der Waals surface area (Å²) in [5.41, 5.74) is 1.04. The molecule has 0 aromatic carbocycles. The third-order valence-electron chi connectivity index (χ3n) is 23.3. The highest BCUT2D eigenvalue weighted by molar-refractivity contribution is 5.70. The molecule has 12 bridgehead atoms. The molecule has 3 N–H and O–H groups in total. The van der Waals surface area contributed by atoms with Gasteiger partial charge in [-0.3, -0.25) is 4.79 Å². The fourth-order valence-corrected chi connectivity index (χ4v) is 19.3. The maximum Gasteiger partial charge on any atom is 0.308 e. The van der Waals surface area contributed by atoms with Crippen molar-refractivity contribution in [1.82, 2.24) is 0 Å². The maximum absolute atomic E-state index is 14.6. The van der Waals surface area contributed by atoms with E-state index in [2.05, 4.69) is 40.9 Å². The lowest BCUT2D eigenvalue weighted by Crippen LogP contribution is -2.63. The number of aliphatic hydroxyl groups excluding tert-OH is 3. The molecule has 82 heavy (non-hydrogen) atoms. The number of carbonyl (C=O) groups is 1. The Labute approximate surface area is 480 Å². The van der Waals surface area contributed by atoms with Crippen molar-refractivity contribution >= 4 is 5.97 Å². The first-order chi connectivity index (χ1) is 39.4. The van der Waals surface area contributed by atoms with Gasteiger partial charge < -0.3 is 91.1 Å². The van der Waals surface area contributed by atoms with Crippen LogP contribution in [0.15, 0.2) is 24.3 Å². The molecule has 0 amide bonds. The van der Waals surface area contributed by atoms with Crippen molar-refractivity contribution in [2.24, 2.45) is 29.6 Å². The lowest BCUT2D eigenvalue weighted by Gasteiger charge is -2.54. The maximum atomic E-state index is 14.6. The van der Waals surface area contributed by atoms with Crippen LogP contribution in [0.25, 0.3) is 0 Å². The Morgan fingerprint density at radius 3 is 2.11 bits per heavy atom. The molecule has 20 nitrogen and oxygen atoms in total. The normalized spacial score (nSPS) is 59.6. The van der Waals surface area contributed by atoms with Crippen molar-refractivity contribution in [3.63, 3.8) is 0 Å². The minimum Gasteiger partial charge on any atom is -0.459 e. The van der Waals surface area contributed by atoms with Crippen LogP contribution in [0.1, 0.15) is 137 Å². The Morgan fingerprint density at radius 1 is 0.561 bits per heavy atom. The first kappa shape index (κ1) is 55.5. The van der Waals surface area contributed by atoms with Gasteiger partial charge in [0.2, 0.25) is 0 Å². The van der Waals surface area contributed by atoms with Gasteiger partial charge in [-0.25, -0.2) is 0 Å². The van der Waals surface area contributed by atoms with E-state index < -0.39 is 90.1 Å². The monoisotopic (exact) mass is 1150 g/mol. The van der Waals surface area contributed by atoms with Crippen LogP contribution < -0.4 is 0 Å². The fourth-order valence-electron chi connectivity index (χ4n) is 19.3. The van der Waals surface area contributed by atoms with Crippen LogP contribution in [0, 0.1) is 29.6 Å². The molecule has 0 aliphatic carbocycles. The molecule has 17 heterocycles. The van der Waals surface area contributed by atoms with Crippen LogP contribution in [0.2, 0.25) is 0 Å². The van der Waals surface area contributed by atoms with Crippen molar-refractivity contribution in [2.45, 2.75) is 313 Å². The minimum atomic E-state index is -1.35. The number of esters is 1. The van der Waals surface area contributed by atoms with Crippen LogP contribution >= 0.6 is 0 Å². The predicted molar refractivity (Wildman–Crippen MR) is 282 cm³/mol. The Balaban J connectivity index is 0.633. The molecule has 0 radical (unpaired) electrons. The molecule has 0 aromatic heterocycles. The molecule has 20 heteroatoms. The van der Waals surface area contributed by atoms with E-state index in [0.717, 1.165) is 30.4 Å². The third-order valence-corrected chi connectivity index (χ3v) is 23.3. The van der Waals surface area contributed by atoms with Crippen LogP contribution in [-0.4, -0.2) is 210 Å². The summed E-state index contributed by atoms with van der Waals surface area (Å²) < 4.78 is 110. The predicted octanol–water partition coefficient (Wildman–Crippen LogP) is 4.55. The highest BCUT2D eigenvalue weighted by Crippen LogP contribution is 2.60. The van der Waals surface area contributed by atoms with E-state index in [1.54, 1.807) is 0 Å². The molecule has 17 fully saturated rings. The lowest BCUT2D eigenvalue weighted by atomic mass is 9.77. The van der Waals surface area contributed by atoms with E-state index in [-0.39, 0.29) is 134 Å². The van der Waals surface area contributed by atoms with Crippen molar-refractivity contribution in [2.75, 3.05) is 13.2 Å². The van der Waals surface area contributed by atoms with Gasteiger partial charge in [-0.1, -0.05) is 40.9 Å². The summed E-state index contributed by atoms with van der Waals surface area (Å²) in [6, 6.07) is 0. The van der Waals surface area contributed by atoms with Gasteiger partial charge in [-0.2, -0.15) is 0 Å². The molecule has 17 saturated heterocycles. The summed E-state index contributed by atoms with van der Waals surface area (Å²) in [6.07, 6.45) is -0.562. The number of carbonyl (C=O) groups excluding carboxylic acids is 1. The molecule has 3 spiro atoms. The van der Waals surface area contributed by atoms with Crippen molar-refractivity contribution in [1.29, 1.82) is 0 Å². The van der Waals surface area contributed by atoms with E-state index in [0.29, 0.717) is 83.7 Å². The number of rotatable bonds is 2. The Kier molecular flexibility index (Phi) is 13.6. The van der Waals surface area contributed by atoms with Gasteiger partial charge in [0.05, 0.1) is 130 Å². The second-order valence-electron chi connectivity index (χ2n) is 28.8. The molecule has 1 unspecified atom stereocenters. The number of hydrogen-bond acceptors (Lipinski definition) is 20. The molecule has 0 saturated carbocycles. The van der Waals surface area contributed by atoms with Crippen LogP contribution in [0.4, 0.5) is 0 Å². The Hall–Kier alpha value is -1.77. The van der Waals surface area contributed by atoms with Gasteiger partial charge in [0.25, 0.3) is 0 Å². The summed E-state index contributed by atoms with van der Waals surface area (Å²) in [6.45, 7) is 19.8. The van der Waals surface area contributed by atoms with E-state index in [4.69, 9.17) is 75.8 Å². The zero-order chi connectivity index (χ0) is 56.1. The molecule has 17 rings (SSSR count). The van der Waals surface area contributed by atoms with Crippen LogP contribution in [0.3, 0.4) is 0 Å². The average molecular weight is 1150 g/mol. The van der Waals surface area contributed by atoms with E-state index >= 15 is 0 Å². The number of ether oxygens (including phenoxy) is 16. The van der Waals surface area contributed by atoms with E-state index in [9.17, 15) is 20.1 Å². The highest BCUT2D eigenvalue weighted by Gasteiger charge is 2.77. The number of fused-ring (bicyclic) bond motifs is 11. The van der Waals surface area contributed by atoms with Gasteiger partial charge >= 0.3 is 5.97 Å². The van der Waals surface area contributed by atoms with Crippen LogP contribution in [0.5, 0.6) is 0 Å². The lowest BCUT2D eigenvalue weighted by molar-refractivity contribution is -0.370. The standard InChI is InChI=1S/C62H88O20/c1-26-14-32-8-10-37-27(2)15-34(68-37)12-13-62-58(66)59(7)57(82-62)56-55(79-59)54(81-62)53-38(72-56)11-9-33(70-53)16-47(65)74-51-31(6)50-43(71-42(51)17-39(69-32)30(26)5)18-40-45(73-50)22-61(76-40)23-46-49(80-61)29(4)21-60(78-46)20-28(3)48-44(77-60)19-41-52(75-48)35(25-67-41)36(64)24-63/h26,28-29,31-46,48-58,63-64,66H,2,5,8-25H2,1,3-4,6-7H3/t26-,28+,29+,31+,32+,33-,34+,35-,36+,37+,38+,39-,40-,41-,42+,43+,44+,45-,46+,48+,49+,50+,51-,52-,53+,54+,55+,56-,57?,58-,59+,60-,61+,62-/m1/s1. The van der Waals surface area contributed by atoms with Crippen molar-refractivity contribution < 1.29 is 95.9 Å². The highest BCUT2D eigenvalue weighted by atomic mass is 16.8. The third kappa shape index (κ3) is 8.80. The smallest absolute Gasteiger partial charge is 0.308 e. The minimum absolute atomic E-state index is 0.0178. The van der Waals surface area contributed by atoms with Gasteiger partial charge in [-0.05, 0) is 80.8 Å². The molecular weight excluding hydrogens is 1060 g/mol. The van der Waals surface area contributed by atoms with Gasteiger partial charge in [-0.15, -0.1) is 0 Å². The van der Waals surface area contributed by atoms with Gasteiger partial charge in [0.1, 0.15) is 48.3 Å². The zero-order valence-electron chi connectivity index (χ0n) is 48.2. The summed E-state index contributed by atoms with van der Waals surface area (Å²) in [5, 5.41) is 32.4. The van der Waals surface area contributed by atoms with Gasteiger partial charge in [0.15, 0.2) is 17.4 Å². The molecule has 17 aliphatic rings. The SMILES string of the molecule is C=C1C[C@@H]2CC[C@]34OC5[C@@H]6O[C@H]7CC[C@H](CC(=O)O[C@@H]8[C@@H](C)[C@@H]9O[C@@H]%10C[C@]%11(C[C@@H]%12O[C@]%13(C[C@H](C)[C@@H]%14O[C@@H]%15[C@@H]([C@@H](O)CO)CO[C@@H]%15C[C@@H]%14O%13)C[C@H](C)[C@@H]%12O%11)O[C@@H]%10C[C@@H]9O[C@H]8C[C@H]8O[C@@H](CC[C@@H]1O2)C[C@@H](C)C8=C)O[C@@H]7[C@H](O3)[C@@H]6O[C@]5(C)[C@H]4O. The fraction of sp³-hybridized carbons (Fsp3) is 0.919. The number of hydrogen-bond donors (Lipinski definition) is 3. The molecule has 34 atom stereocenters. The molecule has 456 valence electrons. The average Bonchev–Trinajstić information content (AvgIpc) is 4.37. The first-order valence-corrected chi connectivity index (χ1v) is 31.8. The quantitative estimate of drug-likeness (QED) is 0.255. The summed E-state index contributed by atoms with van der Waals surface area (Å²) in [5.74, 6) is -3.59. The van der Waals surface area contributed by atoms with E-state index in [1.807, 2.05) is 6.92 Å². The summed E-state index contributed by atoms with van der Waals surface area (Å²) >= 11 is 0. The van der Waals surface area contributed by atoms with Crippen LogP contribution in [-0.2, 0) is 80.6 Å². The first-order valence-electron chi connectivity index (χ1n) is 31.8. The molecular formula is C62H88O20. The number of aliphatic hydroxyl groups is 3. The largest absolute Gasteiger partial charge is 0.459 e. The second kappa shape index (κ2) is 20.1. The zero-order valence-corrected chi connectivity index (χ0v) is 48.2. The van der Waals surface area contributed by atoms with Gasteiger partial charge in [0, 0.05) is 63.2 Å². The summed E-state index contributed by atoms with van der Waals surface area (Å²) in [4.78, 5) is 14.6. The topological polar surface area (TPSA) is 225 Å². The molecule has 17 aliphatic heterocycles. The Morgan fingerprint density at radius 2 is 1.27 bits per heavy atom. The van der Waals surface area contributed by atoms with Crippen molar-refractivity contribution in [3.8, 4) is 0 Å². The molecule has 0 aromatic rings. The Bertz CT molecular complexity index is 2500. The summed E-state index contributed by atoms with van der Waals surface area (Å²) in [7, 11) is 0. The van der Waals surface area contributed by atoms with Crippen molar-refractivity contribution in [3.05, 3.63) is 24.3 Å². The van der Waals surface area contributed by atoms with E-state index in [1.165, 1.54) is 0 Å².